The number of rotatable bonds is 3. The minimum atomic E-state index is -0.350. The van der Waals surface area contributed by atoms with Crippen LogP contribution in [0.1, 0.15) is 67.2 Å². The maximum absolute atomic E-state index is 11.9. The first-order valence-electron chi connectivity index (χ1n) is 11.0. The molecular weight excluding hydrogens is 364 g/mol. The normalized spacial score (nSPS) is 34.6. The molecule has 5 rings (SSSR count). The first kappa shape index (κ1) is 22.1. The third-order valence-corrected chi connectivity index (χ3v) is 5.87. The molecule has 0 aromatic heterocycles. The Kier molecular flexibility index (Phi) is 6.33. The number of hydrogen-bond acceptors (Lipinski definition) is 4. The Bertz CT molecular complexity index is 676. The van der Waals surface area contributed by atoms with Crippen LogP contribution in [0.3, 0.4) is 0 Å². The molecule has 0 spiro atoms. The summed E-state index contributed by atoms with van der Waals surface area (Å²) < 4.78 is 16.9. The van der Waals surface area contributed by atoms with E-state index in [-0.39, 0.29) is 29.2 Å². The molecule has 5 aliphatic rings. The molecule has 4 nitrogen and oxygen atoms in total. The van der Waals surface area contributed by atoms with Crippen molar-refractivity contribution >= 4 is 5.97 Å². The summed E-state index contributed by atoms with van der Waals surface area (Å²) in [6.07, 6.45) is 13.7. The fraction of sp³-hybridized carbons (Fsp3) is 0.720. The molecule has 0 aromatic carbocycles. The topological polar surface area (TPSA) is 44.8 Å². The van der Waals surface area contributed by atoms with Crippen LogP contribution in [-0.4, -0.2) is 29.4 Å². The van der Waals surface area contributed by atoms with Crippen molar-refractivity contribution in [2.75, 3.05) is 0 Å². The van der Waals surface area contributed by atoms with Crippen molar-refractivity contribution in [2.24, 2.45) is 23.7 Å². The maximum atomic E-state index is 11.9. The predicted octanol–water partition coefficient (Wildman–Crippen LogP) is 5.59. The molecule has 0 radical (unpaired) electrons. The fourth-order valence-corrected chi connectivity index (χ4v) is 4.64. The molecule has 6 atom stereocenters. The van der Waals surface area contributed by atoms with Crippen molar-refractivity contribution in [3.8, 4) is 0 Å². The summed E-state index contributed by atoms with van der Waals surface area (Å²) in [5, 5.41) is 0. The molecule has 0 N–H and O–H groups in total. The summed E-state index contributed by atoms with van der Waals surface area (Å²) in [4.78, 5) is 11.9. The highest BCUT2D eigenvalue weighted by molar-refractivity contribution is 5.74. The zero-order valence-electron chi connectivity index (χ0n) is 18.9. The van der Waals surface area contributed by atoms with Gasteiger partial charge in [0, 0.05) is 5.92 Å². The highest BCUT2D eigenvalue weighted by Crippen LogP contribution is 2.41. The van der Waals surface area contributed by atoms with Crippen molar-refractivity contribution in [1.29, 1.82) is 0 Å². The minimum Gasteiger partial charge on any atom is -0.493 e. The van der Waals surface area contributed by atoms with Gasteiger partial charge in [-0.2, -0.15) is 0 Å². The molecule has 0 aromatic rings. The number of esters is 1. The summed E-state index contributed by atoms with van der Waals surface area (Å²) >= 11 is 0. The Morgan fingerprint density at radius 2 is 1.59 bits per heavy atom. The van der Waals surface area contributed by atoms with Crippen LogP contribution in [0.15, 0.2) is 36.6 Å². The Hall–Kier alpha value is -1.55. The summed E-state index contributed by atoms with van der Waals surface area (Å²) in [5.41, 5.74) is -0.500. The minimum absolute atomic E-state index is 0.00144. The largest absolute Gasteiger partial charge is 0.493 e. The van der Waals surface area contributed by atoms with Gasteiger partial charge in [0.15, 0.2) is 0 Å². The van der Waals surface area contributed by atoms with E-state index in [0.29, 0.717) is 23.9 Å². The number of carbonyl (C=O) groups is 1. The Balaban J connectivity index is 0.000000166. The van der Waals surface area contributed by atoms with Gasteiger partial charge in [-0.3, -0.25) is 4.79 Å². The lowest BCUT2D eigenvalue weighted by Gasteiger charge is -2.37. The molecule has 0 amide bonds. The molecule has 2 aliphatic heterocycles. The van der Waals surface area contributed by atoms with E-state index < -0.39 is 0 Å². The highest BCUT2D eigenvalue weighted by Gasteiger charge is 2.40. The van der Waals surface area contributed by atoms with Gasteiger partial charge in [-0.15, -0.1) is 0 Å². The van der Waals surface area contributed by atoms with E-state index in [1.165, 1.54) is 6.42 Å². The second-order valence-electron chi connectivity index (χ2n) is 10.8. The first-order chi connectivity index (χ1) is 13.4. The van der Waals surface area contributed by atoms with Gasteiger partial charge in [0.25, 0.3) is 0 Å². The Labute approximate surface area is 176 Å². The van der Waals surface area contributed by atoms with Gasteiger partial charge < -0.3 is 14.2 Å². The Morgan fingerprint density at radius 3 is 2.00 bits per heavy atom. The molecule has 2 fully saturated rings. The number of ether oxygens (including phenoxy) is 3. The Morgan fingerprint density at radius 1 is 0.897 bits per heavy atom. The average molecular weight is 403 g/mol. The lowest BCUT2D eigenvalue weighted by atomic mass is 9.69. The fourth-order valence-electron chi connectivity index (χ4n) is 4.64. The standard InChI is InChI=1S/C13H20O2.C12H18O2/c1-13(2,3)15-12(14)11-8-9-4-6-10(11)7-5-9;1-8(14-12(2,3)4)10-7-9-5-6-11(10)13-9/h4,6,9-11H,5,7-8H2,1-3H3;5-6,9-11H,1,7H2,2-4H3. The number of carbonyl (C=O) groups excluding carboxylic acids is 1. The van der Waals surface area contributed by atoms with Gasteiger partial charge in [0.2, 0.25) is 0 Å². The third-order valence-electron chi connectivity index (χ3n) is 5.87. The average Bonchev–Trinajstić information content (AvgIpc) is 3.24. The quantitative estimate of drug-likeness (QED) is 0.351. The van der Waals surface area contributed by atoms with Crippen LogP contribution in [0.2, 0.25) is 0 Å². The SMILES string of the molecule is C=C(OC(C)(C)C)C1CC2C=CC1O2.CC(C)(C)OC(=O)C1CC2C=CC1CC2. The van der Waals surface area contributed by atoms with Gasteiger partial charge in [-0.25, -0.2) is 0 Å². The lowest BCUT2D eigenvalue weighted by Crippen LogP contribution is -2.37. The van der Waals surface area contributed by atoms with E-state index in [4.69, 9.17) is 14.2 Å². The van der Waals surface area contributed by atoms with Crippen LogP contribution in [0.5, 0.6) is 0 Å². The van der Waals surface area contributed by atoms with Crippen molar-refractivity contribution in [3.05, 3.63) is 36.6 Å². The van der Waals surface area contributed by atoms with E-state index in [0.717, 1.165) is 25.0 Å². The van der Waals surface area contributed by atoms with Gasteiger partial charge in [-0.1, -0.05) is 30.9 Å². The van der Waals surface area contributed by atoms with Crippen LogP contribution in [0.4, 0.5) is 0 Å². The predicted molar refractivity (Wildman–Crippen MR) is 115 cm³/mol. The second kappa shape index (κ2) is 8.29. The van der Waals surface area contributed by atoms with Gasteiger partial charge in [0.05, 0.1) is 23.9 Å². The van der Waals surface area contributed by atoms with Gasteiger partial charge in [-0.05, 0) is 79.1 Å². The third kappa shape index (κ3) is 5.97. The van der Waals surface area contributed by atoms with Crippen LogP contribution in [0.25, 0.3) is 0 Å². The molecule has 4 heteroatoms. The summed E-state index contributed by atoms with van der Waals surface area (Å²) in [7, 11) is 0. The number of hydrogen-bond donors (Lipinski definition) is 0. The second-order valence-corrected chi connectivity index (χ2v) is 10.8. The van der Waals surface area contributed by atoms with E-state index >= 15 is 0 Å². The molecule has 29 heavy (non-hydrogen) atoms. The van der Waals surface area contributed by atoms with E-state index in [2.05, 4.69) is 30.9 Å². The van der Waals surface area contributed by atoms with Crippen LogP contribution in [-0.2, 0) is 19.0 Å². The molecule has 2 heterocycles. The first-order valence-corrected chi connectivity index (χ1v) is 11.0. The van der Waals surface area contributed by atoms with Gasteiger partial charge in [0.1, 0.15) is 11.2 Å². The van der Waals surface area contributed by atoms with Crippen molar-refractivity contribution in [1.82, 2.24) is 0 Å². The number of allylic oxidation sites excluding steroid dienone is 2. The molecule has 6 unspecified atom stereocenters. The molecule has 1 saturated heterocycles. The number of fused-ring (bicyclic) bond motifs is 4. The summed E-state index contributed by atoms with van der Waals surface area (Å²) in [6.45, 7) is 15.9. The summed E-state index contributed by atoms with van der Waals surface area (Å²) in [5.74, 6) is 2.39. The smallest absolute Gasteiger partial charge is 0.310 e. The highest BCUT2D eigenvalue weighted by atomic mass is 16.6. The molecular formula is C25H38O4. The molecule has 1 saturated carbocycles. The van der Waals surface area contributed by atoms with Gasteiger partial charge >= 0.3 is 5.97 Å². The van der Waals surface area contributed by atoms with Crippen molar-refractivity contribution in [2.45, 2.75) is 90.6 Å². The molecule has 162 valence electrons. The molecule has 4 bridgehead atoms. The zero-order chi connectivity index (χ0) is 21.4. The summed E-state index contributed by atoms with van der Waals surface area (Å²) in [6, 6.07) is 0. The van der Waals surface area contributed by atoms with Crippen LogP contribution >= 0.6 is 0 Å². The monoisotopic (exact) mass is 402 g/mol. The van der Waals surface area contributed by atoms with E-state index in [1.54, 1.807) is 0 Å². The van der Waals surface area contributed by atoms with E-state index in [1.807, 2.05) is 41.5 Å². The van der Waals surface area contributed by atoms with E-state index in [9.17, 15) is 4.79 Å². The molecule has 3 aliphatic carbocycles. The zero-order valence-corrected chi connectivity index (χ0v) is 18.9. The van der Waals surface area contributed by atoms with Crippen LogP contribution in [0, 0.1) is 23.7 Å². The maximum Gasteiger partial charge on any atom is 0.310 e. The van der Waals surface area contributed by atoms with Crippen molar-refractivity contribution in [3.63, 3.8) is 0 Å². The lowest BCUT2D eigenvalue weighted by molar-refractivity contribution is -0.163. The van der Waals surface area contributed by atoms with Crippen LogP contribution < -0.4 is 0 Å². The van der Waals surface area contributed by atoms with Crippen molar-refractivity contribution < 1.29 is 19.0 Å².